The standard InChI is InChI=1S/C13H16O2/c1-2-6-12(7-3-1)8-4-9-13-14-10-5-11-15-13/h1-4,6-8,13H,5,9-11H2/b8-4+. The molecule has 0 unspecified atom stereocenters. The predicted octanol–water partition coefficient (Wildman–Crippen LogP) is 2.85. The van der Waals surface area contributed by atoms with E-state index in [1.807, 2.05) is 18.2 Å². The fraction of sp³-hybridized carbons (Fsp3) is 0.385. The highest BCUT2D eigenvalue weighted by atomic mass is 16.7. The Hall–Kier alpha value is -1.12. The third-order valence-corrected chi connectivity index (χ3v) is 2.33. The first-order chi connectivity index (χ1) is 7.45. The minimum absolute atomic E-state index is 0.0429. The van der Waals surface area contributed by atoms with E-state index in [1.54, 1.807) is 0 Å². The molecule has 1 saturated heterocycles. The van der Waals surface area contributed by atoms with E-state index in [9.17, 15) is 0 Å². The van der Waals surface area contributed by atoms with Gasteiger partial charge in [0.25, 0.3) is 0 Å². The van der Waals surface area contributed by atoms with Crippen LogP contribution in [0, 0.1) is 0 Å². The van der Waals surface area contributed by atoms with E-state index in [2.05, 4.69) is 24.3 Å². The van der Waals surface area contributed by atoms with Crippen LogP contribution >= 0.6 is 0 Å². The summed E-state index contributed by atoms with van der Waals surface area (Å²) in [6, 6.07) is 10.3. The first kappa shape index (κ1) is 10.4. The summed E-state index contributed by atoms with van der Waals surface area (Å²) in [6.45, 7) is 1.65. The zero-order chi connectivity index (χ0) is 10.3. The lowest BCUT2D eigenvalue weighted by Crippen LogP contribution is -2.23. The highest BCUT2D eigenvalue weighted by Gasteiger charge is 2.11. The smallest absolute Gasteiger partial charge is 0.160 e. The summed E-state index contributed by atoms with van der Waals surface area (Å²) in [6.07, 6.45) is 6.00. The van der Waals surface area contributed by atoms with E-state index >= 15 is 0 Å². The Bertz CT molecular complexity index is 300. The molecule has 0 N–H and O–H groups in total. The number of hydrogen-bond donors (Lipinski definition) is 0. The van der Waals surface area contributed by atoms with Gasteiger partial charge in [-0.25, -0.2) is 0 Å². The molecule has 0 aromatic heterocycles. The van der Waals surface area contributed by atoms with Gasteiger partial charge in [-0.2, -0.15) is 0 Å². The molecular weight excluding hydrogens is 188 g/mol. The molecule has 0 radical (unpaired) electrons. The number of benzene rings is 1. The molecule has 2 nitrogen and oxygen atoms in total. The average molecular weight is 204 g/mol. The maximum atomic E-state index is 5.44. The zero-order valence-corrected chi connectivity index (χ0v) is 8.76. The fourth-order valence-corrected chi connectivity index (χ4v) is 1.55. The van der Waals surface area contributed by atoms with E-state index in [4.69, 9.17) is 9.47 Å². The van der Waals surface area contributed by atoms with E-state index in [0.29, 0.717) is 0 Å². The minimum Gasteiger partial charge on any atom is -0.352 e. The zero-order valence-electron chi connectivity index (χ0n) is 8.76. The second-order valence-corrected chi connectivity index (χ2v) is 3.57. The molecule has 80 valence electrons. The summed E-state index contributed by atoms with van der Waals surface area (Å²) >= 11 is 0. The van der Waals surface area contributed by atoms with Crippen LogP contribution in [-0.2, 0) is 9.47 Å². The number of hydrogen-bond acceptors (Lipinski definition) is 2. The van der Waals surface area contributed by atoms with Gasteiger partial charge < -0.3 is 9.47 Å². The van der Waals surface area contributed by atoms with Crippen LogP contribution in [0.15, 0.2) is 36.4 Å². The van der Waals surface area contributed by atoms with Crippen molar-refractivity contribution in [2.45, 2.75) is 19.1 Å². The van der Waals surface area contributed by atoms with Crippen LogP contribution in [0.5, 0.6) is 0 Å². The molecule has 0 aliphatic carbocycles. The van der Waals surface area contributed by atoms with Crippen molar-refractivity contribution in [1.82, 2.24) is 0 Å². The highest BCUT2D eigenvalue weighted by molar-refractivity contribution is 5.48. The molecule has 2 heteroatoms. The van der Waals surface area contributed by atoms with Crippen molar-refractivity contribution >= 4 is 6.08 Å². The summed E-state index contributed by atoms with van der Waals surface area (Å²) in [5.41, 5.74) is 1.22. The topological polar surface area (TPSA) is 18.5 Å². The molecule has 0 amide bonds. The largest absolute Gasteiger partial charge is 0.352 e. The molecular formula is C13H16O2. The molecule has 1 fully saturated rings. The second kappa shape index (κ2) is 5.69. The van der Waals surface area contributed by atoms with Crippen molar-refractivity contribution in [3.05, 3.63) is 42.0 Å². The first-order valence-corrected chi connectivity index (χ1v) is 5.40. The molecule has 15 heavy (non-hydrogen) atoms. The van der Waals surface area contributed by atoms with Crippen molar-refractivity contribution in [3.8, 4) is 0 Å². The van der Waals surface area contributed by atoms with Crippen molar-refractivity contribution in [2.24, 2.45) is 0 Å². The number of ether oxygens (including phenoxy) is 2. The molecule has 0 bridgehead atoms. The monoisotopic (exact) mass is 204 g/mol. The van der Waals surface area contributed by atoms with Crippen LogP contribution in [-0.4, -0.2) is 19.5 Å². The van der Waals surface area contributed by atoms with Gasteiger partial charge >= 0.3 is 0 Å². The lowest BCUT2D eigenvalue weighted by molar-refractivity contribution is -0.175. The third-order valence-electron chi connectivity index (χ3n) is 2.33. The SMILES string of the molecule is C(=C\c1ccccc1)/CC1OCCCO1. The molecule has 0 atom stereocenters. The van der Waals surface area contributed by atoms with Crippen molar-refractivity contribution in [1.29, 1.82) is 0 Å². The number of rotatable bonds is 3. The minimum atomic E-state index is -0.0429. The molecule has 1 aromatic rings. The van der Waals surface area contributed by atoms with Gasteiger partial charge in [-0.3, -0.25) is 0 Å². The van der Waals surface area contributed by atoms with Gasteiger partial charge in [-0.15, -0.1) is 0 Å². The van der Waals surface area contributed by atoms with Gasteiger partial charge in [-0.05, 0) is 12.0 Å². The van der Waals surface area contributed by atoms with Crippen LogP contribution < -0.4 is 0 Å². The molecule has 2 rings (SSSR count). The van der Waals surface area contributed by atoms with Crippen LogP contribution in [0.2, 0.25) is 0 Å². The maximum Gasteiger partial charge on any atom is 0.160 e. The Labute approximate surface area is 90.5 Å². The van der Waals surface area contributed by atoms with Gasteiger partial charge in [0, 0.05) is 6.42 Å². The highest BCUT2D eigenvalue weighted by Crippen LogP contribution is 2.10. The van der Waals surface area contributed by atoms with E-state index < -0.39 is 0 Å². The van der Waals surface area contributed by atoms with E-state index in [1.165, 1.54) is 5.56 Å². The molecule has 0 spiro atoms. The first-order valence-electron chi connectivity index (χ1n) is 5.40. The average Bonchev–Trinajstić information content (AvgIpc) is 2.32. The second-order valence-electron chi connectivity index (χ2n) is 3.57. The van der Waals surface area contributed by atoms with Crippen molar-refractivity contribution < 1.29 is 9.47 Å². The Morgan fingerprint density at radius 1 is 1.13 bits per heavy atom. The van der Waals surface area contributed by atoms with Gasteiger partial charge in [0.15, 0.2) is 6.29 Å². The third kappa shape index (κ3) is 3.50. The summed E-state index contributed by atoms with van der Waals surface area (Å²) < 4.78 is 10.9. The molecule has 1 heterocycles. The summed E-state index contributed by atoms with van der Waals surface area (Å²) in [4.78, 5) is 0. The fourth-order valence-electron chi connectivity index (χ4n) is 1.55. The quantitative estimate of drug-likeness (QED) is 0.753. The van der Waals surface area contributed by atoms with Crippen LogP contribution in [0.25, 0.3) is 6.08 Å². The molecule has 1 aliphatic heterocycles. The molecule has 1 aromatic carbocycles. The maximum absolute atomic E-state index is 5.44. The van der Waals surface area contributed by atoms with Crippen LogP contribution in [0.4, 0.5) is 0 Å². The molecule has 1 aliphatic rings. The van der Waals surface area contributed by atoms with Gasteiger partial charge in [0.1, 0.15) is 0 Å². The van der Waals surface area contributed by atoms with E-state index in [0.717, 1.165) is 26.1 Å². The van der Waals surface area contributed by atoms with Crippen LogP contribution in [0.1, 0.15) is 18.4 Å². The lowest BCUT2D eigenvalue weighted by Gasteiger charge is -2.21. The predicted molar refractivity (Wildman–Crippen MR) is 60.4 cm³/mol. The van der Waals surface area contributed by atoms with Crippen molar-refractivity contribution in [2.75, 3.05) is 13.2 Å². The lowest BCUT2D eigenvalue weighted by atomic mass is 10.2. The van der Waals surface area contributed by atoms with Crippen molar-refractivity contribution in [3.63, 3.8) is 0 Å². The Morgan fingerprint density at radius 3 is 2.60 bits per heavy atom. The van der Waals surface area contributed by atoms with Gasteiger partial charge in [-0.1, -0.05) is 42.5 Å². The van der Waals surface area contributed by atoms with Gasteiger partial charge in [0.2, 0.25) is 0 Å². The van der Waals surface area contributed by atoms with E-state index in [-0.39, 0.29) is 6.29 Å². The molecule has 0 saturated carbocycles. The van der Waals surface area contributed by atoms with Gasteiger partial charge in [0.05, 0.1) is 13.2 Å². The summed E-state index contributed by atoms with van der Waals surface area (Å²) in [7, 11) is 0. The normalized spacial score (nSPS) is 18.4. The summed E-state index contributed by atoms with van der Waals surface area (Å²) in [5.74, 6) is 0. The Morgan fingerprint density at radius 2 is 1.87 bits per heavy atom. The summed E-state index contributed by atoms with van der Waals surface area (Å²) in [5, 5.41) is 0. The van der Waals surface area contributed by atoms with Crippen LogP contribution in [0.3, 0.4) is 0 Å². The Balaban J connectivity index is 1.79. The Kier molecular flexibility index (Phi) is 3.94.